The number of aromatic nitrogens is 3. The third-order valence-corrected chi connectivity index (χ3v) is 5.33. The molecule has 4 aromatic rings. The number of alkyl halides is 3. The molecule has 0 aliphatic heterocycles. The number of hydrogen-bond donors (Lipinski definition) is 2. The Hall–Kier alpha value is -3.62. The van der Waals surface area contributed by atoms with Gasteiger partial charge < -0.3 is 14.8 Å². The summed E-state index contributed by atoms with van der Waals surface area (Å²) in [5, 5.41) is 6.91. The quantitative estimate of drug-likeness (QED) is 0.439. The number of rotatable bonds is 6. The van der Waals surface area contributed by atoms with Crippen molar-refractivity contribution in [2.75, 3.05) is 0 Å². The first-order valence-corrected chi connectivity index (χ1v) is 10.1. The third kappa shape index (κ3) is 4.51. The first kappa shape index (κ1) is 21.6. The molecule has 2 N–H and O–H groups in total. The Morgan fingerprint density at radius 2 is 1.88 bits per heavy atom. The molecule has 0 bridgehead atoms. The van der Waals surface area contributed by atoms with Crippen LogP contribution in [0, 0.1) is 13.8 Å². The molecule has 0 aliphatic rings. The van der Waals surface area contributed by atoms with Crippen molar-refractivity contribution in [1.82, 2.24) is 20.4 Å². The van der Waals surface area contributed by atoms with E-state index in [2.05, 4.69) is 20.4 Å². The first-order valence-electron chi connectivity index (χ1n) is 10.1. The van der Waals surface area contributed by atoms with Crippen LogP contribution in [0.5, 0.6) is 0 Å². The molecule has 0 radical (unpaired) electrons. The minimum Gasteiger partial charge on any atom is -0.361 e. The summed E-state index contributed by atoms with van der Waals surface area (Å²) in [5.74, 6) is -0.566. The van der Waals surface area contributed by atoms with Crippen molar-refractivity contribution >= 4 is 16.9 Å². The van der Waals surface area contributed by atoms with Gasteiger partial charge in [-0.05, 0) is 43.5 Å². The molecule has 166 valence electrons. The van der Waals surface area contributed by atoms with Crippen LogP contribution < -0.4 is 5.32 Å². The fourth-order valence-corrected chi connectivity index (χ4v) is 3.68. The van der Waals surface area contributed by atoms with E-state index in [9.17, 15) is 18.0 Å². The molecule has 0 saturated carbocycles. The van der Waals surface area contributed by atoms with Crippen molar-refractivity contribution in [3.05, 3.63) is 82.5 Å². The van der Waals surface area contributed by atoms with E-state index in [1.807, 2.05) is 37.3 Å². The van der Waals surface area contributed by atoms with Crippen LogP contribution in [0.25, 0.3) is 11.0 Å². The number of benzene rings is 2. The number of imidazole rings is 1. The molecule has 4 rings (SSSR count). The fraction of sp³-hybridized carbons (Fsp3) is 0.261. The highest BCUT2D eigenvalue weighted by Crippen LogP contribution is 2.30. The van der Waals surface area contributed by atoms with Crippen molar-refractivity contribution in [3.63, 3.8) is 0 Å². The van der Waals surface area contributed by atoms with Crippen molar-refractivity contribution in [3.8, 4) is 0 Å². The second kappa shape index (κ2) is 8.49. The molecule has 1 amide bonds. The van der Waals surface area contributed by atoms with Crippen molar-refractivity contribution in [1.29, 1.82) is 0 Å². The number of nitrogens with one attached hydrogen (secondary N) is 2. The molecule has 6 nitrogen and oxygen atoms in total. The highest BCUT2D eigenvalue weighted by molar-refractivity contribution is 5.79. The Bertz CT molecular complexity index is 1230. The second-order valence-electron chi connectivity index (χ2n) is 7.57. The van der Waals surface area contributed by atoms with E-state index in [0.717, 1.165) is 16.8 Å². The van der Waals surface area contributed by atoms with E-state index in [4.69, 9.17) is 4.52 Å². The maximum atomic E-state index is 13.0. The van der Waals surface area contributed by atoms with Gasteiger partial charge in [0.15, 0.2) is 0 Å². The number of amides is 1. The Morgan fingerprint density at radius 3 is 2.53 bits per heavy atom. The number of hydrogen-bond acceptors (Lipinski definition) is 4. The Balaban J connectivity index is 1.60. The molecule has 0 unspecified atom stereocenters. The topological polar surface area (TPSA) is 83.8 Å². The van der Waals surface area contributed by atoms with Gasteiger partial charge in [0.2, 0.25) is 11.7 Å². The summed E-state index contributed by atoms with van der Waals surface area (Å²) in [6, 6.07) is 13.5. The van der Waals surface area contributed by atoms with Gasteiger partial charge in [-0.25, -0.2) is 4.98 Å². The lowest BCUT2D eigenvalue weighted by Gasteiger charge is -2.20. The van der Waals surface area contributed by atoms with Gasteiger partial charge in [-0.3, -0.25) is 4.79 Å². The number of nitrogens with zero attached hydrogens (tertiary/aromatic N) is 2. The summed E-state index contributed by atoms with van der Waals surface area (Å²) in [5.41, 5.74) is 3.56. The van der Waals surface area contributed by atoms with Crippen LogP contribution in [0.3, 0.4) is 0 Å². The van der Waals surface area contributed by atoms with E-state index < -0.39 is 18.0 Å². The molecule has 2 aromatic heterocycles. The standard InChI is InChI=1S/C23H21F3N4O2/c1-13-17(14(2)32-30-13)9-11-20(31)29-21(15-6-4-3-5-7-15)16-8-10-18-19(12-16)28-22(27-18)23(24,25)26/h3-8,10,12,21H,9,11H2,1-2H3,(H,27,28)(H,29,31)/t21-/m0/s1. The number of carbonyl (C=O) groups excluding carboxylic acids is 1. The predicted octanol–water partition coefficient (Wildman–Crippen LogP) is 5.02. The Morgan fingerprint density at radius 1 is 1.12 bits per heavy atom. The maximum absolute atomic E-state index is 13.0. The first-order chi connectivity index (χ1) is 15.2. The average Bonchev–Trinajstić information content (AvgIpc) is 3.34. The zero-order valence-electron chi connectivity index (χ0n) is 17.5. The Kier molecular flexibility index (Phi) is 5.73. The van der Waals surface area contributed by atoms with Gasteiger partial charge in [-0.2, -0.15) is 13.2 Å². The summed E-state index contributed by atoms with van der Waals surface area (Å²) < 4.78 is 44.2. The van der Waals surface area contributed by atoms with E-state index in [-0.39, 0.29) is 23.4 Å². The van der Waals surface area contributed by atoms with Crippen LogP contribution in [-0.2, 0) is 17.4 Å². The van der Waals surface area contributed by atoms with Crippen LogP contribution >= 0.6 is 0 Å². The summed E-state index contributed by atoms with van der Waals surface area (Å²) in [4.78, 5) is 18.7. The molecule has 1 atom stereocenters. The van der Waals surface area contributed by atoms with E-state index >= 15 is 0 Å². The third-order valence-electron chi connectivity index (χ3n) is 5.33. The monoisotopic (exact) mass is 442 g/mol. The SMILES string of the molecule is Cc1noc(C)c1CCC(=O)N[C@@H](c1ccccc1)c1ccc2nc(C(F)(F)F)[nH]c2c1. The largest absolute Gasteiger partial charge is 0.449 e. The number of carbonyl (C=O) groups is 1. The summed E-state index contributed by atoms with van der Waals surface area (Å²) in [7, 11) is 0. The van der Waals surface area contributed by atoms with Crippen molar-refractivity contribution in [2.45, 2.75) is 38.9 Å². The second-order valence-corrected chi connectivity index (χ2v) is 7.57. The van der Waals surface area contributed by atoms with Gasteiger partial charge in [-0.15, -0.1) is 0 Å². The number of halogens is 3. The molecular formula is C23H21F3N4O2. The predicted molar refractivity (Wildman–Crippen MR) is 112 cm³/mol. The molecule has 0 aliphatic carbocycles. The molecule has 9 heteroatoms. The lowest BCUT2D eigenvalue weighted by Crippen LogP contribution is -2.29. The molecule has 2 aromatic carbocycles. The lowest BCUT2D eigenvalue weighted by atomic mass is 9.97. The maximum Gasteiger partial charge on any atom is 0.449 e. The summed E-state index contributed by atoms with van der Waals surface area (Å²) in [6.07, 6.45) is -3.87. The normalized spacial score (nSPS) is 12.8. The van der Waals surface area contributed by atoms with Crippen LogP contribution in [0.15, 0.2) is 53.1 Å². The highest BCUT2D eigenvalue weighted by atomic mass is 19.4. The molecule has 0 spiro atoms. The minimum atomic E-state index is -4.57. The minimum absolute atomic E-state index is 0.195. The average molecular weight is 442 g/mol. The summed E-state index contributed by atoms with van der Waals surface area (Å²) in [6.45, 7) is 3.63. The Labute approximate surface area is 181 Å². The highest BCUT2D eigenvalue weighted by Gasteiger charge is 2.34. The van der Waals surface area contributed by atoms with Crippen molar-refractivity contribution in [2.24, 2.45) is 0 Å². The van der Waals surface area contributed by atoms with Crippen LogP contribution in [0.4, 0.5) is 13.2 Å². The lowest BCUT2D eigenvalue weighted by molar-refractivity contribution is -0.144. The number of aryl methyl sites for hydroxylation is 2. The molecule has 2 heterocycles. The van der Waals surface area contributed by atoms with Gasteiger partial charge in [-0.1, -0.05) is 41.6 Å². The van der Waals surface area contributed by atoms with Gasteiger partial charge >= 0.3 is 6.18 Å². The smallest absolute Gasteiger partial charge is 0.361 e. The van der Waals surface area contributed by atoms with Gasteiger partial charge in [0.05, 0.1) is 22.8 Å². The zero-order chi connectivity index (χ0) is 22.9. The van der Waals surface area contributed by atoms with E-state index in [1.165, 1.54) is 6.07 Å². The van der Waals surface area contributed by atoms with E-state index in [1.54, 1.807) is 19.1 Å². The fourth-order valence-electron chi connectivity index (χ4n) is 3.68. The van der Waals surface area contributed by atoms with Crippen LogP contribution in [0.2, 0.25) is 0 Å². The number of fused-ring (bicyclic) bond motifs is 1. The molecule has 0 fully saturated rings. The van der Waals surface area contributed by atoms with Gasteiger partial charge in [0.25, 0.3) is 0 Å². The molecular weight excluding hydrogens is 421 g/mol. The van der Waals surface area contributed by atoms with Crippen LogP contribution in [-0.4, -0.2) is 21.0 Å². The van der Waals surface area contributed by atoms with E-state index in [0.29, 0.717) is 17.7 Å². The number of H-pyrrole nitrogens is 1. The van der Waals surface area contributed by atoms with Crippen molar-refractivity contribution < 1.29 is 22.5 Å². The van der Waals surface area contributed by atoms with Gasteiger partial charge in [0.1, 0.15) is 5.76 Å². The molecule has 32 heavy (non-hydrogen) atoms. The summed E-state index contributed by atoms with van der Waals surface area (Å²) >= 11 is 0. The molecule has 0 saturated heterocycles. The number of aromatic amines is 1. The van der Waals surface area contributed by atoms with Gasteiger partial charge in [0, 0.05) is 12.0 Å². The zero-order valence-corrected chi connectivity index (χ0v) is 17.5. The van der Waals surface area contributed by atoms with Crippen LogP contribution in [0.1, 0.15) is 46.4 Å².